The maximum atomic E-state index is 12.4. The van der Waals surface area contributed by atoms with Gasteiger partial charge in [-0.15, -0.1) is 0 Å². The Morgan fingerprint density at radius 3 is 2.79 bits per heavy atom. The van der Waals surface area contributed by atoms with Crippen molar-refractivity contribution in [2.45, 2.75) is 46.2 Å². The van der Waals surface area contributed by atoms with Crippen LogP contribution < -0.4 is 5.56 Å². The highest BCUT2D eigenvalue weighted by Crippen LogP contribution is 2.22. The molecule has 0 saturated heterocycles. The number of hydrogen-bond acceptors (Lipinski definition) is 3. The molecule has 19 heavy (non-hydrogen) atoms. The summed E-state index contributed by atoms with van der Waals surface area (Å²) in [6.45, 7) is 9.10. The van der Waals surface area contributed by atoms with E-state index in [1.165, 1.54) is 0 Å². The molecule has 0 N–H and O–H groups in total. The molecular weight excluding hydrogens is 238 g/mol. The SMILES string of the molecule is CCC(C)n1c2c(cc(C#N)c1=O)CN(CC)CC2. The van der Waals surface area contributed by atoms with E-state index in [-0.39, 0.29) is 17.2 Å². The summed E-state index contributed by atoms with van der Waals surface area (Å²) in [5.41, 5.74) is 2.42. The molecule has 1 aliphatic heterocycles. The van der Waals surface area contributed by atoms with Gasteiger partial charge in [0.1, 0.15) is 11.6 Å². The van der Waals surface area contributed by atoms with E-state index in [1.807, 2.05) is 10.6 Å². The van der Waals surface area contributed by atoms with E-state index in [9.17, 15) is 4.79 Å². The first-order chi connectivity index (χ1) is 9.12. The van der Waals surface area contributed by atoms with Crippen LogP contribution in [0.25, 0.3) is 0 Å². The molecule has 0 aliphatic carbocycles. The van der Waals surface area contributed by atoms with E-state index in [1.54, 1.807) is 6.07 Å². The van der Waals surface area contributed by atoms with Crippen molar-refractivity contribution in [3.63, 3.8) is 0 Å². The summed E-state index contributed by atoms with van der Waals surface area (Å²) in [7, 11) is 0. The molecule has 2 rings (SSSR count). The molecule has 0 bridgehead atoms. The molecule has 1 aliphatic rings. The third-order valence-electron chi connectivity index (χ3n) is 4.09. The molecule has 102 valence electrons. The molecule has 1 unspecified atom stereocenters. The predicted octanol–water partition coefficient (Wildman–Crippen LogP) is 2.07. The predicted molar refractivity (Wildman–Crippen MR) is 75.1 cm³/mol. The summed E-state index contributed by atoms with van der Waals surface area (Å²) in [6.07, 6.45) is 1.80. The van der Waals surface area contributed by atoms with Crippen molar-refractivity contribution in [2.75, 3.05) is 13.1 Å². The minimum absolute atomic E-state index is 0.124. The van der Waals surface area contributed by atoms with Gasteiger partial charge in [0.2, 0.25) is 0 Å². The molecular formula is C15H21N3O. The fraction of sp³-hybridized carbons (Fsp3) is 0.600. The van der Waals surface area contributed by atoms with Crippen LogP contribution in [0.4, 0.5) is 0 Å². The second-order valence-electron chi connectivity index (χ2n) is 5.19. The lowest BCUT2D eigenvalue weighted by Crippen LogP contribution is -2.37. The van der Waals surface area contributed by atoms with Crippen molar-refractivity contribution in [2.24, 2.45) is 0 Å². The van der Waals surface area contributed by atoms with Gasteiger partial charge in [-0.1, -0.05) is 13.8 Å². The summed E-state index contributed by atoms with van der Waals surface area (Å²) >= 11 is 0. The Balaban J connectivity index is 2.60. The summed E-state index contributed by atoms with van der Waals surface area (Å²) in [6, 6.07) is 3.99. The van der Waals surface area contributed by atoms with Crippen molar-refractivity contribution in [3.8, 4) is 6.07 Å². The molecule has 1 aromatic heterocycles. The quantitative estimate of drug-likeness (QED) is 0.835. The van der Waals surface area contributed by atoms with Crippen molar-refractivity contribution in [1.29, 1.82) is 5.26 Å². The molecule has 4 nitrogen and oxygen atoms in total. The smallest absolute Gasteiger partial charge is 0.268 e. The molecule has 0 amide bonds. The van der Waals surface area contributed by atoms with E-state index < -0.39 is 0 Å². The van der Waals surface area contributed by atoms with Crippen molar-refractivity contribution in [1.82, 2.24) is 9.47 Å². The lowest BCUT2D eigenvalue weighted by atomic mass is 10.0. The van der Waals surface area contributed by atoms with Crippen LogP contribution in [-0.4, -0.2) is 22.6 Å². The van der Waals surface area contributed by atoms with Gasteiger partial charge in [0, 0.05) is 31.2 Å². The van der Waals surface area contributed by atoms with Crippen molar-refractivity contribution in [3.05, 3.63) is 33.2 Å². The number of hydrogen-bond donors (Lipinski definition) is 0. The largest absolute Gasteiger partial charge is 0.308 e. The molecule has 0 radical (unpaired) electrons. The van der Waals surface area contributed by atoms with Gasteiger partial charge in [-0.05, 0) is 31.5 Å². The molecule has 0 aromatic carbocycles. The number of likely N-dealkylation sites (N-methyl/N-ethyl adjacent to an activating group) is 1. The summed E-state index contributed by atoms with van der Waals surface area (Å²) in [4.78, 5) is 14.7. The Hall–Kier alpha value is -1.60. The minimum atomic E-state index is -0.124. The van der Waals surface area contributed by atoms with E-state index >= 15 is 0 Å². The Morgan fingerprint density at radius 1 is 1.47 bits per heavy atom. The maximum Gasteiger partial charge on any atom is 0.268 e. The van der Waals surface area contributed by atoms with Crippen molar-refractivity contribution >= 4 is 0 Å². The number of aromatic nitrogens is 1. The van der Waals surface area contributed by atoms with Crippen LogP contribution in [0.5, 0.6) is 0 Å². The lowest BCUT2D eigenvalue weighted by Gasteiger charge is -2.31. The topological polar surface area (TPSA) is 49.0 Å². The monoisotopic (exact) mass is 259 g/mol. The first-order valence-electron chi connectivity index (χ1n) is 7.02. The van der Waals surface area contributed by atoms with Gasteiger partial charge in [-0.25, -0.2) is 0 Å². The van der Waals surface area contributed by atoms with Crippen LogP contribution in [0.15, 0.2) is 10.9 Å². The molecule has 2 heterocycles. The zero-order chi connectivity index (χ0) is 14.0. The van der Waals surface area contributed by atoms with Crippen LogP contribution in [0.1, 0.15) is 50.1 Å². The second-order valence-corrected chi connectivity index (χ2v) is 5.19. The summed E-state index contributed by atoms with van der Waals surface area (Å²) in [5, 5.41) is 9.15. The zero-order valence-corrected chi connectivity index (χ0v) is 11.9. The van der Waals surface area contributed by atoms with Crippen LogP contribution in [0.3, 0.4) is 0 Å². The van der Waals surface area contributed by atoms with E-state index in [0.717, 1.165) is 43.7 Å². The number of nitriles is 1. The van der Waals surface area contributed by atoms with Crippen LogP contribution in [-0.2, 0) is 13.0 Å². The normalized spacial score (nSPS) is 16.7. The maximum absolute atomic E-state index is 12.4. The van der Waals surface area contributed by atoms with Gasteiger partial charge in [-0.2, -0.15) is 5.26 Å². The van der Waals surface area contributed by atoms with Gasteiger partial charge in [0.15, 0.2) is 0 Å². The van der Waals surface area contributed by atoms with Gasteiger partial charge >= 0.3 is 0 Å². The standard InChI is InChI=1S/C15H21N3O/c1-4-11(3)18-14-6-7-17(5-2)10-13(14)8-12(9-16)15(18)19/h8,11H,4-7,10H2,1-3H3. The fourth-order valence-electron chi connectivity index (χ4n) is 2.73. The fourth-order valence-corrected chi connectivity index (χ4v) is 2.73. The lowest BCUT2D eigenvalue weighted by molar-refractivity contribution is 0.259. The molecule has 4 heteroatoms. The third-order valence-corrected chi connectivity index (χ3v) is 4.09. The van der Waals surface area contributed by atoms with Gasteiger partial charge < -0.3 is 4.57 Å². The average Bonchev–Trinajstić information content (AvgIpc) is 2.45. The van der Waals surface area contributed by atoms with E-state index in [2.05, 4.69) is 25.7 Å². The zero-order valence-electron chi connectivity index (χ0n) is 11.9. The first kappa shape index (κ1) is 13.8. The van der Waals surface area contributed by atoms with Gasteiger partial charge in [0.25, 0.3) is 5.56 Å². The van der Waals surface area contributed by atoms with E-state index in [4.69, 9.17) is 5.26 Å². The summed E-state index contributed by atoms with van der Waals surface area (Å²) in [5.74, 6) is 0. The molecule has 0 fully saturated rings. The van der Waals surface area contributed by atoms with Crippen molar-refractivity contribution < 1.29 is 0 Å². The summed E-state index contributed by atoms with van der Waals surface area (Å²) < 4.78 is 1.85. The minimum Gasteiger partial charge on any atom is -0.308 e. The number of fused-ring (bicyclic) bond motifs is 1. The number of nitrogens with zero attached hydrogens (tertiary/aromatic N) is 3. The van der Waals surface area contributed by atoms with Crippen LogP contribution >= 0.6 is 0 Å². The highest BCUT2D eigenvalue weighted by Gasteiger charge is 2.22. The second kappa shape index (κ2) is 5.58. The van der Waals surface area contributed by atoms with E-state index in [0.29, 0.717) is 0 Å². The highest BCUT2D eigenvalue weighted by molar-refractivity contribution is 5.35. The van der Waals surface area contributed by atoms with Crippen LogP contribution in [0.2, 0.25) is 0 Å². The highest BCUT2D eigenvalue weighted by atomic mass is 16.1. The molecule has 1 aromatic rings. The Bertz CT molecular complexity index is 568. The van der Waals surface area contributed by atoms with Gasteiger partial charge in [0.05, 0.1) is 0 Å². The Kier molecular flexibility index (Phi) is 4.06. The average molecular weight is 259 g/mol. The molecule has 1 atom stereocenters. The Morgan fingerprint density at radius 2 is 2.21 bits per heavy atom. The Labute approximate surface area is 114 Å². The molecule has 0 saturated carbocycles. The first-order valence-corrected chi connectivity index (χ1v) is 7.02. The van der Waals surface area contributed by atoms with Gasteiger partial charge in [-0.3, -0.25) is 9.69 Å². The number of rotatable bonds is 3. The number of pyridine rings is 1. The third kappa shape index (κ3) is 2.43. The van der Waals surface area contributed by atoms with Crippen LogP contribution in [0, 0.1) is 11.3 Å². The molecule has 0 spiro atoms.